The van der Waals surface area contributed by atoms with Crippen LogP contribution in [0, 0.1) is 11.3 Å². The van der Waals surface area contributed by atoms with E-state index in [1.165, 1.54) is 0 Å². The fraction of sp³-hybridized carbons (Fsp3) is 0.588. The molecule has 6 nitrogen and oxygen atoms in total. The van der Waals surface area contributed by atoms with Crippen LogP contribution in [0.15, 0.2) is 18.3 Å². The number of amides is 1. The molecular formula is C17H21ClN4O2. The lowest BCUT2D eigenvalue weighted by atomic mass is 9.71. The quantitative estimate of drug-likeness (QED) is 0.876. The number of hydrogen-bond donors (Lipinski definition) is 2. The topological polar surface area (TPSA) is 89.3 Å². The molecule has 0 spiro atoms. The second-order valence-electron chi connectivity index (χ2n) is 6.72. The van der Waals surface area contributed by atoms with Crippen LogP contribution in [-0.2, 0) is 5.41 Å². The monoisotopic (exact) mass is 348 g/mol. The number of nitrogens with one attached hydrogen (secondary N) is 1. The zero-order chi connectivity index (χ0) is 17.2. The highest BCUT2D eigenvalue weighted by molar-refractivity contribution is 6.30. The maximum absolute atomic E-state index is 10.8. The fourth-order valence-corrected chi connectivity index (χ4v) is 4.07. The van der Waals surface area contributed by atoms with E-state index in [-0.39, 0.29) is 6.04 Å². The highest BCUT2D eigenvalue weighted by atomic mass is 35.5. The van der Waals surface area contributed by atoms with E-state index in [0.29, 0.717) is 11.1 Å². The minimum atomic E-state index is -0.956. The van der Waals surface area contributed by atoms with Gasteiger partial charge in [0.05, 0.1) is 22.2 Å². The zero-order valence-electron chi connectivity index (χ0n) is 13.4. The smallest absolute Gasteiger partial charge is 0.404 e. The average Bonchev–Trinajstić information content (AvgIpc) is 3.03. The van der Waals surface area contributed by atoms with E-state index in [4.69, 9.17) is 16.7 Å². The summed E-state index contributed by atoms with van der Waals surface area (Å²) < 4.78 is 0. The van der Waals surface area contributed by atoms with Crippen molar-refractivity contribution in [1.29, 1.82) is 5.26 Å². The van der Waals surface area contributed by atoms with Crippen LogP contribution in [0.2, 0.25) is 5.02 Å². The molecule has 1 aromatic heterocycles. The molecule has 1 aliphatic carbocycles. The first-order valence-corrected chi connectivity index (χ1v) is 8.67. The number of nitrogens with zero attached hydrogens (tertiary/aromatic N) is 3. The summed E-state index contributed by atoms with van der Waals surface area (Å²) >= 11 is 5.90. The van der Waals surface area contributed by atoms with Gasteiger partial charge in [-0.3, -0.25) is 9.88 Å². The summed E-state index contributed by atoms with van der Waals surface area (Å²) in [6.07, 6.45) is 4.90. The highest BCUT2D eigenvalue weighted by Crippen LogP contribution is 2.40. The summed E-state index contributed by atoms with van der Waals surface area (Å²) in [7, 11) is 0. The Bertz CT molecular complexity index is 635. The van der Waals surface area contributed by atoms with Crippen molar-refractivity contribution in [2.45, 2.75) is 49.6 Å². The molecule has 1 aliphatic heterocycles. The van der Waals surface area contributed by atoms with Gasteiger partial charge in [0.1, 0.15) is 0 Å². The third kappa shape index (κ3) is 3.47. The van der Waals surface area contributed by atoms with Crippen molar-refractivity contribution >= 4 is 17.7 Å². The molecule has 0 unspecified atom stereocenters. The van der Waals surface area contributed by atoms with Gasteiger partial charge in [-0.25, -0.2) is 4.79 Å². The van der Waals surface area contributed by atoms with Crippen LogP contribution in [0.3, 0.4) is 0 Å². The minimum Gasteiger partial charge on any atom is -0.465 e. The predicted octanol–water partition coefficient (Wildman–Crippen LogP) is 2.78. The Balaban J connectivity index is 1.62. The SMILES string of the molecule is N#C[C@]1(c2ccc(Cl)cn2)CC[C@@H](N2CC[C@H](NC(=O)O)C2)CC1. The molecule has 2 fully saturated rings. The molecule has 1 saturated carbocycles. The molecule has 2 N–H and O–H groups in total. The Morgan fingerprint density at radius 1 is 1.42 bits per heavy atom. The Labute approximate surface area is 146 Å². The van der Waals surface area contributed by atoms with Crippen molar-refractivity contribution < 1.29 is 9.90 Å². The summed E-state index contributed by atoms with van der Waals surface area (Å²) in [5.41, 5.74) is 0.277. The Hall–Kier alpha value is -1.84. The maximum atomic E-state index is 10.8. The zero-order valence-corrected chi connectivity index (χ0v) is 14.2. The molecular weight excluding hydrogens is 328 g/mol. The van der Waals surface area contributed by atoms with Crippen molar-refractivity contribution in [3.63, 3.8) is 0 Å². The van der Waals surface area contributed by atoms with Gasteiger partial charge in [0.25, 0.3) is 0 Å². The first kappa shape index (κ1) is 17.0. The van der Waals surface area contributed by atoms with E-state index in [1.54, 1.807) is 12.3 Å². The maximum Gasteiger partial charge on any atom is 0.404 e. The number of carboxylic acid groups (broad SMARTS) is 1. The van der Waals surface area contributed by atoms with Crippen LogP contribution >= 0.6 is 11.6 Å². The predicted molar refractivity (Wildman–Crippen MR) is 89.9 cm³/mol. The first-order valence-electron chi connectivity index (χ1n) is 8.29. The number of carbonyl (C=O) groups is 1. The number of hydrogen-bond acceptors (Lipinski definition) is 4. The van der Waals surface area contributed by atoms with Gasteiger partial charge in [0.2, 0.25) is 0 Å². The number of aromatic nitrogens is 1. The van der Waals surface area contributed by atoms with Gasteiger partial charge in [-0.2, -0.15) is 5.26 Å². The van der Waals surface area contributed by atoms with Gasteiger partial charge < -0.3 is 10.4 Å². The van der Waals surface area contributed by atoms with E-state index in [2.05, 4.69) is 21.3 Å². The van der Waals surface area contributed by atoms with Crippen LogP contribution in [0.25, 0.3) is 0 Å². The van der Waals surface area contributed by atoms with E-state index >= 15 is 0 Å². The van der Waals surface area contributed by atoms with Gasteiger partial charge in [-0.15, -0.1) is 0 Å². The largest absolute Gasteiger partial charge is 0.465 e. The molecule has 0 radical (unpaired) electrons. The number of rotatable bonds is 3. The van der Waals surface area contributed by atoms with Gasteiger partial charge in [0, 0.05) is 31.4 Å². The molecule has 0 aromatic carbocycles. The molecule has 2 heterocycles. The lowest BCUT2D eigenvalue weighted by molar-refractivity contribution is 0.158. The van der Waals surface area contributed by atoms with E-state index in [1.807, 2.05) is 6.07 Å². The average molecular weight is 349 g/mol. The van der Waals surface area contributed by atoms with Gasteiger partial charge >= 0.3 is 6.09 Å². The van der Waals surface area contributed by atoms with Gasteiger partial charge in [-0.1, -0.05) is 11.6 Å². The van der Waals surface area contributed by atoms with Crippen molar-refractivity contribution in [2.24, 2.45) is 0 Å². The van der Waals surface area contributed by atoms with E-state index in [9.17, 15) is 10.1 Å². The lowest BCUT2D eigenvalue weighted by Crippen LogP contribution is -2.43. The van der Waals surface area contributed by atoms with E-state index < -0.39 is 11.5 Å². The number of nitriles is 1. The Morgan fingerprint density at radius 2 is 2.17 bits per heavy atom. The molecule has 1 atom stereocenters. The van der Waals surface area contributed by atoms with Crippen LogP contribution < -0.4 is 5.32 Å². The molecule has 3 rings (SSSR count). The summed E-state index contributed by atoms with van der Waals surface area (Å²) in [5.74, 6) is 0. The lowest BCUT2D eigenvalue weighted by Gasteiger charge is -2.38. The van der Waals surface area contributed by atoms with Crippen LogP contribution in [0.5, 0.6) is 0 Å². The van der Waals surface area contributed by atoms with Gasteiger partial charge in [0.15, 0.2) is 0 Å². The van der Waals surface area contributed by atoms with E-state index in [0.717, 1.165) is 50.9 Å². The van der Waals surface area contributed by atoms with Crippen molar-refractivity contribution in [1.82, 2.24) is 15.2 Å². The summed E-state index contributed by atoms with van der Waals surface area (Å²) in [5, 5.41) is 21.7. The molecule has 128 valence electrons. The van der Waals surface area contributed by atoms with Crippen LogP contribution in [0.1, 0.15) is 37.8 Å². The number of likely N-dealkylation sites (tertiary alicyclic amines) is 1. The second-order valence-corrected chi connectivity index (χ2v) is 7.15. The molecule has 0 bridgehead atoms. The summed E-state index contributed by atoms with van der Waals surface area (Å²) in [6, 6.07) is 6.56. The van der Waals surface area contributed by atoms with Crippen LogP contribution in [0.4, 0.5) is 4.79 Å². The number of pyridine rings is 1. The molecule has 2 aliphatic rings. The third-order valence-corrected chi connectivity index (χ3v) is 5.53. The normalized spacial score (nSPS) is 30.7. The molecule has 7 heteroatoms. The molecule has 24 heavy (non-hydrogen) atoms. The fourth-order valence-electron chi connectivity index (χ4n) is 3.96. The first-order chi connectivity index (χ1) is 11.5. The summed E-state index contributed by atoms with van der Waals surface area (Å²) in [6.45, 7) is 1.67. The van der Waals surface area contributed by atoms with Crippen molar-refractivity contribution in [3.8, 4) is 6.07 Å². The van der Waals surface area contributed by atoms with Crippen LogP contribution in [-0.4, -0.2) is 46.3 Å². The third-order valence-electron chi connectivity index (χ3n) is 5.30. The molecule has 1 aromatic rings. The minimum absolute atomic E-state index is 0.0167. The number of halogens is 1. The Kier molecular flexibility index (Phi) is 4.93. The molecule has 1 saturated heterocycles. The Morgan fingerprint density at radius 3 is 2.75 bits per heavy atom. The van der Waals surface area contributed by atoms with Crippen molar-refractivity contribution in [2.75, 3.05) is 13.1 Å². The standard InChI is InChI=1S/C17H21ClN4O2/c18-12-1-2-15(20-9-12)17(11-19)6-3-14(4-7-17)22-8-5-13(10-22)21-16(23)24/h1-2,9,13-14,21H,3-8,10H2,(H,23,24)/t13-,14-,17+/m0/s1. The second kappa shape index (κ2) is 6.96. The molecule has 1 amide bonds. The van der Waals surface area contributed by atoms with Crippen molar-refractivity contribution in [3.05, 3.63) is 29.0 Å². The summed E-state index contributed by atoms with van der Waals surface area (Å²) in [4.78, 5) is 17.5. The van der Waals surface area contributed by atoms with Gasteiger partial charge in [-0.05, 0) is 44.2 Å². The highest BCUT2D eigenvalue weighted by Gasteiger charge is 2.41.